The maximum Gasteiger partial charge on any atom is 0.338 e. The van der Waals surface area contributed by atoms with E-state index < -0.39 is 26.4 Å². The third-order valence-corrected chi connectivity index (χ3v) is 5.16. The van der Waals surface area contributed by atoms with Gasteiger partial charge in [-0.3, -0.25) is 4.79 Å². The molecule has 140 valence electrons. The summed E-state index contributed by atoms with van der Waals surface area (Å²) >= 11 is 11.7. The molecule has 3 N–H and O–H groups in total. The number of hydrogen-bond acceptors (Lipinski definition) is 6. The molecule has 0 amide bonds. The number of carbonyl (C=O) groups is 1. The van der Waals surface area contributed by atoms with E-state index in [2.05, 4.69) is 9.97 Å². The topological polar surface area (TPSA) is 132 Å². The molecule has 3 rings (SSSR count). The number of aromatic nitrogens is 2. The Hall–Kier alpha value is -2.46. The van der Waals surface area contributed by atoms with Gasteiger partial charge in [0.1, 0.15) is 17.3 Å². The molecule has 0 aliphatic carbocycles. The number of ether oxygens (including phenoxy) is 1. The van der Waals surface area contributed by atoms with Gasteiger partial charge < -0.3 is 9.72 Å². The smallest absolute Gasteiger partial charge is 0.338 e. The van der Waals surface area contributed by atoms with Crippen LogP contribution in [0.25, 0.3) is 10.9 Å². The molecule has 0 aliphatic rings. The molecule has 11 heteroatoms. The number of aromatic amines is 1. The first kappa shape index (κ1) is 19.3. The van der Waals surface area contributed by atoms with Gasteiger partial charge in [-0.1, -0.05) is 23.2 Å². The van der Waals surface area contributed by atoms with Crippen LogP contribution in [0.1, 0.15) is 16.2 Å². The molecule has 0 aliphatic heterocycles. The highest BCUT2D eigenvalue weighted by atomic mass is 35.5. The van der Waals surface area contributed by atoms with E-state index in [9.17, 15) is 18.0 Å². The molecule has 0 atom stereocenters. The third-order valence-electron chi connectivity index (χ3n) is 3.53. The van der Waals surface area contributed by atoms with Gasteiger partial charge in [0.2, 0.25) is 10.0 Å². The lowest BCUT2D eigenvalue weighted by atomic mass is 10.2. The number of halogens is 2. The fourth-order valence-electron chi connectivity index (χ4n) is 2.30. The molecule has 3 aromatic rings. The molecule has 1 heterocycles. The molecular weight excluding hydrogens is 417 g/mol. The number of sulfonamides is 1. The lowest BCUT2D eigenvalue weighted by Crippen LogP contribution is -2.16. The van der Waals surface area contributed by atoms with Crippen molar-refractivity contribution in [1.29, 1.82) is 0 Å². The summed E-state index contributed by atoms with van der Waals surface area (Å²) in [5, 5.41) is 5.67. The minimum Gasteiger partial charge on any atom is -0.454 e. The predicted octanol–water partition coefficient (Wildman–Crippen LogP) is 2.23. The molecule has 2 aromatic carbocycles. The molecule has 0 saturated heterocycles. The van der Waals surface area contributed by atoms with Crippen LogP contribution in [0.3, 0.4) is 0 Å². The summed E-state index contributed by atoms with van der Waals surface area (Å²) in [6.07, 6.45) is 0. The minimum absolute atomic E-state index is 0.0744. The first-order chi connectivity index (χ1) is 12.6. The maximum absolute atomic E-state index is 12.2. The number of nitrogens with one attached hydrogen (secondary N) is 1. The Morgan fingerprint density at radius 1 is 1.19 bits per heavy atom. The molecule has 0 fully saturated rings. The average molecular weight is 428 g/mol. The van der Waals surface area contributed by atoms with Gasteiger partial charge in [0.05, 0.1) is 21.5 Å². The molecule has 0 unspecified atom stereocenters. The highest BCUT2D eigenvalue weighted by molar-refractivity contribution is 7.89. The lowest BCUT2D eigenvalue weighted by molar-refractivity contribution is 0.0462. The zero-order chi connectivity index (χ0) is 19.8. The number of hydrogen-bond donors (Lipinski definition) is 2. The lowest BCUT2D eigenvalue weighted by Gasteiger charge is -2.07. The van der Waals surface area contributed by atoms with Gasteiger partial charge >= 0.3 is 5.97 Å². The van der Waals surface area contributed by atoms with Crippen molar-refractivity contribution in [3.8, 4) is 0 Å². The van der Waals surface area contributed by atoms with Gasteiger partial charge in [-0.05, 0) is 36.4 Å². The normalized spacial score (nSPS) is 11.5. The number of carbonyl (C=O) groups excluding carboxylic acids is 1. The third kappa shape index (κ3) is 4.28. The van der Waals surface area contributed by atoms with Gasteiger partial charge in [-0.15, -0.1) is 0 Å². The van der Waals surface area contributed by atoms with Crippen LogP contribution in [0, 0.1) is 0 Å². The molecule has 0 spiro atoms. The van der Waals surface area contributed by atoms with Crippen LogP contribution in [0.15, 0.2) is 46.1 Å². The number of fused-ring (bicyclic) bond motifs is 1. The largest absolute Gasteiger partial charge is 0.454 e. The Balaban J connectivity index is 1.84. The van der Waals surface area contributed by atoms with Gasteiger partial charge in [0.25, 0.3) is 5.56 Å². The van der Waals surface area contributed by atoms with Crippen molar-refractivity contribution in [3.63, 3.8) is 0 Å². The van der Waals surface area contributed by atoms with Crippen molar-refractivity contribution in [3.05, 3.63) is 68.2 Å². The summed E-state index contributed by atoms with van der Waals surface area (Å²) in [6, 6.07) is 8.11. The van der Waals surface area contributed by atoms with Crippen LogP contribution in [-0.4, -0.2) is 24.4 Å². The quantitative estimate of drug-likeness (QED) is 0.613. The second-order valence-electron chi connectivity index (χ2n) is 5.44. The first-order valence-corrected chi connectivity index (χ1v) is 9.63. The van der Waals surface area contributed by atoms with Gasteiger partial charge in [0.15, 0.2) is 0 Å². The number of nitrogens with two attached hydrogens (primary N) is 1. The first-order valence-electron chi connectivity index (χ1n) is 7.33. The fourth-order valence-corrected chi connectivity index (χ4v) is 3.53. The van der Waals surface area contributed by atoms with Crippen molar-refractivity contribution < 1.29 is 17.9 Å². The molecule has 8 nitrogen and oxygen atoms in total. The summed E-state index contributed by atoms with van der Waals surface area (Å²) < 4.78 is 28.0. The number of primary sulfonamides is 1. The molecule has 1 aromatic heterocycles. The zero-order valence-electron chi connectivity index (χ0n) is 13.4. The Labute approximate surface area is 162 Å². The molecule has 0 radical (unpaired) electrons. The number of benzene rings is 2. The maximum atomic E-state index is 12.2. The SMILES string of the molecule is NS(=O)(=O)c1cc(C(=O)OCc2nc3cc(Cl)ccc3c(=O)[nH]2)ccc1Cl. The summed E-state index contributed by atoms with van der Waals surface area (Å²) in [5.74, 6) is -0.742. The van der Waals surface area contributed by atoms with E-state index in [0.29, 0.717) is 15.9 Å². The van der Waals surface area contributed by atoms with E-state index in [1.54, 1.807) is 6.07 Å². The highest BCUT2D eigenvalue weighted by Gasteiger charge is 2.17. The standard InChI is InChI=1S/C16H11Cl2N3O5S/c17-9-2-3-10-12(6-9)20-14(21-15(10)22)7-26-16(23)8-1-4-11(18)13(5-8)27(19,24)25/h1-6H,7H2,(H2,19,24,25)(H,20,21,22). The van der Waals surface area contributed by atoms with Crippen LogP contribution in [0.4, 0.5) is 0 Å². The summed E-state index contributed by atoms with van der Waals surface area (Å²) in [5.41, 5.74) is -0.138. The summed E-state index contributed by atoms with van der Waals surface area (Å²) in [7, 11) is -4.10. The highest BCUT2D eigenvalue weighted by Crippen LogP contribution is 2.22. The van der Waals surface area contributed by atoms with E-state index in [4.69, 9.17) is 33.1 Å². The van der Waals surface area contributed by atoms with Crippen LogP contribution in [0.5, 0.6) is 0 Å². The average Bonchev–Trinajstić information content (AvgIpc) is 2.58. The van der Waals surface area contributed by atoms with Crippen LogP contribution in [0.2, 0.25) is 10.0 Å². The number of rotatable bonds is 4. The van der Waals surface area contributed by atoms with E-state index in [-0.39, 0.29) is 23.0 Å². The molecule has 0 saturated carbocycles. The summed E-state index contributed by atoms with van der Waals surface area (Å²) in [4.78, 5) is 30.5. The van der Waals surface area contributed by atoms with Crippen molar-refractivity contribution in [1.82, 2.24) is 9.97 Å². The van der Waals surface area contributed by atoms with E-state index in [0.717, 1.165) is 6.07 Å². The fraction of sp³-hybridized carbons (Fsp3) is 0.0625. The Morgan fingerprint density at radius 2 is 1.93 bits per heavy atom. The van der Waals surface area contributed by atoms with Crippen LogP contribution < -0.4 is 10.7 Å². The van der Waals surface area contributed by atoms with Gasteiger partial charge in [0, 0.05) is 5.02 Å². The van der Waals surface area contributed by atoms with E-state index in [1.807, 2.05) is 0 Å². The van der Waals surface area contributed by atoms with Crippen molar-refractivity contribution in [2.75, 3.05) is 0 Å². The molecular formula is C16H11Cl2N3O5S. The zero-order valence-corrected chi connectivity index (χ0v) is 15.7. The number of nitrogens with zero attached hydrogens (tertiary/aromatic N) is 1. The number of H-pyrrole nitrogens is 1. The Kier molecular flexibility index (Phi) is 5.20. The van der Waals surface area contributed by atoms with Crippen molar-refractivity contribution in [2.45, 2.75) is 11.5 Å². The number of esters is 1. The van der Waals surface area contributed by atoms with E-state index >= 15 is 0 Å². The van der Waals surface area contributed by atoms with Crippen LogP contribution in [-0.2, 0) is 21.4 Å². The van der Waals surface area contributed by atoms with Gasteiger partial charge in [-0.25, -0.2) is 23.3 Å². The second kappa shape index (κ2) is 7.28. The Bertz CT molecular complexity index is 1220. The Morgan fingerprint density at radius 3 is 2.63 bits per heavy atom. The predicted molar refractivity (Wildman–Crippen MR) is 99.3 cm³/mol. The van der Waals surface area contributed by atoms with Gasteiger partial charge in [-0.2, -0.15) is 0 Å². The van der Waals surface area contributed by atoms with E-state index in [1.165, 1.54) is 24.3 Å². The van der Waals surface area contributed by atoms with Crippen LogP contribution >= 0.6 is 23.2 Å². The molecule has 0 bridgehead atoms. The second-order valence-corrected chi connectivity index (χ2v) is 7.81. The monoisotopic (exact) mass is 427 g/mol. The summed E-state index contributed by atoms with van der Waals surface area (Å²) in [6.45, 7) is -0.343. The van der Waals surface area contributed by atoms with Crippen molar-refractivity contribution >= 4 is 50.1 Å². The minimum atomic E-state index is -4.10. The molecule has 27 heavy (non-hydrogen) atoms. The van der Waals surface area contributed by atoms with Crippen molar-refractivity contribution in [2.24, 2.45) is 5.14 Å².